The molecule has 2 heterocycles. The average molecular weight is 385 g/mol. The number of aromatic amines is 1. The van der Waals surface area contributed by atoms with Crippen molar-refractivity contribution in [1.29, 1.82) is 0 Å². The van der Waals surface area contributed by atoms with E-state index in [2.05, 4.69) is 34.1 Å². The molecule has 0 aliphatic rings. The monoisotopic (exact) mass is 385 g/mol. The molecule has 0 saturated carbocycles. The molecule has 3 rings (SSSR count). The summed E-state index contributed by atoms with van der Waals surface area (Å²) in [5, 5.41) is 6.48. The normalized spacial score (nSPS) is 11.1. The average Bonchev–Trinajstić information content (AvgIpc) is 3.10. The Kier molecular flexibility index (Phi) is 5.85. The van der Waals surface area contributed by atoms with Crippen LogP contribution in [0.5, 0.6) is 0 Å². The number of H-pyrrole nitrogens is 1. The molecule has 7 nitrogen and oxygen atoms in total. The molecule has 0 aliphatic heterocycles. The SMILES string of the molecule is CC(C)c1nc(CN(C)C(=O)NCCc2nc3ccccc3c(=O)[nH]2)cs1. The van der Waals surface area contributed by atoms with Crippen molar-refractivity contribution in [1.82, 2.24) is 25.2 Å². The van der Waals surface area contributed by atoms with Crippen LogP contribution in [0.25, 0.3) is 10.9 Å². The van der Waals surface area contributed by atoms with Crippen LogP contribution in [0.1, 0.15) is 36.3 Å². The van der Waals surface area contributed by atoms with Crippen LogP contribution in [0.15, 0.2) is 34.4 Å². The first-order valence-corrected chi connectivity index (χ1v) is 9.73. The summed E-state index contributed by atoms with van der Waals surface area (Å²) in [6, 6.07) is 7.02. The number of rotatable bonds is 6. The molecule has 2 aromatic heterocycles. The first-order valence-electron chi connectivity index (χ1n) is 8.85. The molecule has 0 atom stereocenters. The van der Waals surface area contributed by atoms with Gasteiger partial charge in [0.05, 0.1) is 28.1 Å². The zero-order valence-corrected chi connectivity index (χ0v) is 16.5. The maximum atomic E-state index is 12.3. The zero-order valence-electron chi connectivity index (χ0n) is 15.7. The van der Waals surface area contributed by atoms with Gasteiger partial charge in [-0.2, -0.15) is 0 Å². The topological polar surface area (TPSA) is 91.0 Å². The Morgan fingerprint density at radius 2 is 2.07 bits per heavy atom. The molecule has 0 aliphatic carbocycles. The number of nitrogens with one attached hydrogen (secondary N) is 2. The number of carbonyl (C=O) groups is 1. The van der Waals surface area contributed by atoms with E-state index >= 15 is 0 Å². The summed E-state index contributed by atoms with van der Waals surface area (Å²) in [6.45, 7) is 5.05. The van der Waals surface area contributed by atoms with Crippen LogP contribution in [-0.2, 0) is 13.0 Å². The van der Waals surface area contributed by atoms with Crippen molar-refractivity contribution < 1.29 is 4.79 Å². The van der Waals surface area contributed by atoms with E-state index in [0.717, 1.165) is 10.7 Å². The first kappa shape index (κ1) is 19.0. The van der Waals surface area contributed by atoms with Gasteiger partial charge in [-0.25, -0.2) is 14.8 Å². The number of hydrogen-bond donors (Lipinski definition) is 2. The van der Waals surface area contributed by atoms with Gasteiger partial charge < -0.3 is 15.2 Å². The van der Waals surface area contributed by atoms with Gasteiger partial charge in [0.25, 0.3) is 5.56 Å². The number of hydrogen-bond acceptors (Lipinski definition) is 5. The second-order valence-electron chi connectivity index (χ2n) is 6.70. The van der Waals surface area contributed by atoms with E-state index in [1.54, 1.807) is 41.5 Å². The molecule has 0 bridgehead atoms. The van der Waals surface area contributed by atoms with Crippen molar-refractivity contribution >= 4 is 28.3 Å². The standard InChI is InChI=1S/C19H23N5O2S/c1-12(2)18-21-13(11-27-18)10-24(3)19(26)20-9-8-16-22-15-7-5-4-6-14(15)17(25)23-16/h4-7,11-12H,8-10H2,1-3H3,(H,20,26)(H,22,23,25). The Balaban J connectivity index is 1.53. The quantitative estimate of drug-likeness (QED) is 0.683. The van der Waals surface area contributed by atoms with Gasteiger partial charge in [-0.05, 0) is 12.1 Å². The van der Waals surface area contributed by atoms with Crippen molar-refractivity contribution in [2.75, 3.05) is 13.6 Å². The molecule has 3 aromatic rings. The molecule has 2 N–H and O–H groups in total. The molecular weight excluding hydrogens is 362 g/mol. The molecule has 27 heavy (non-hydrogen) atoms. The lowest BCUT2D eigenvalue weighted by Crippen LogP contribution is -2.38. The third-order valence-corrected chi connectivity index (χ3v) is 5.30. The summed E-state index contributed by atoms with van der Waals surface area (Å²) in [4.78, 5) is 37.7. The smallest absolute Gasteiger partial charge is 0.317 e. The van der Waals surface area contributed by atoms with Crippen molar-refractivity contribution in [2.24, 2.45) is 0 Å². The predicted molar refractivity (Wildman–Crippen MR) is 107 cm³/mol. The fourth-order valence-electron chi connectivity index (χ4n) is 2.65. The Morgan fingerprint density at radius 1 is 1.30 bits per heavy atom. The van der Waals surface area contributed by atoms with Crippen molar-refractivity contribution in [3.05, 3.63) is 56.5 Å². The minimum absolute atomic E-state index is 0.163. The van der Waals surface area contributed by atoms with Crippen LogP contribution in [0.3, 0.4) is 0 Å². The maximum absolute atomic E-state index is 12.3. The van der Waals surface area contributed by atoms with Gasteiger partial charge in [0, 0.05) is 31.3 Å². The molecule has 0 radical (unpaired) electrons. The summed E-state index contributed by atoms with van der Waals surface area (Å²) in [7, 11) is 1.74. The number of nitrogens with zero attached hydrogens (tertiary/aromatic N) is 3. The second-order valence-corrected chi connectivity index (χ2v) is 7.59. The molecule has 142 valence electrons. The van der Waals surface area contributed by atoms with Gasteiger partial charge in [-0.15, -0.1) is 11.3 Å². The van der Waals surface area contributed by atoms with Crippen molar-refractivity contribution in [3.8, 4) is 0 Å². The fraction of sp³-hybridized carbons (Fsp3) is 0.368. The summed E-state index contributed by atoms with van der Waals surface area (Å²) in [6.07, 6.45) is 0.452. The van der Waals surface area contributed by atoms with Crippen molar-refractivity contribution in [3.63, 3.8) is 0 Å². The Morgan fingerprint density at radius 3 is 2.81 bits per heavy atom. The molecule has 0 fully saturated rings. The third kappa shape index (κ3) is 4.71. The lowest BCUT2D eigenvalue weighted by molar-refractivity contribution is 0.206. The highest BCUT2D eigenvalue weighted by atomic mass is 32.1. The van der Waals surface area contributed by atoms with Gasteiger partial charge in [-0.3, -0.25) is 4.79 Å². The van der Waals surface area contributed by atoms with Gasteiger partial charge in [-0.1, -0.05) is 26.0 Å². The van der Waals surface area contributed by atoms with Gasteiger partial charge in [0.15, 0.2) is 0 Å². The van der Waals surface area contributed by atoms with E-state index in [1.165, 1.54) is 0 Å². The number of thiazole rings is 1. The molecule has 2 amide bonds. The molecule has 0 spiro atoms. The molecule has 0 saturated heterocycles. The summed E-state index contributed by atoms with van der Waals surface area (Å²) in [5.74, 6) is 0.947. The highest BCUT2D eigenvalue weighted by Crippen LogP contribution is 2.19. The van der Waals surface area contributed by atoms with E-state index in [-0.39, 0.29) is 11.6 Å². The van der Waals surface area contributed by atoms with E-state index in [9.17, 15) is 9.59 Å². The van der Waals surface area contributed by atoms with E-state index in [0.29, 0.717) is 42.2 Å². The molecule has 8 heteroatoms. The van der Waals surface area contributed by atoms with E-state index in [1.807, 2.05) is 11.4 Å². The van der Waals surface area contributed by atoms with Crippen LogP contribution in [0, 0.1) is 0 Å². The fourth-order valence-corrected chi connectivity index (χ4v) is 3.48. The largest absolute Gasteiger partial charge is 0.338 e. The number of para-hydroxylation sites is 1. The van der Waals surface area contributed by atoms with Crippen LogP contribution in [-0.4, -0.2) is 39.5 Å². The van der Waals surface area contributed by atoms with Crippen molar-refractivity contribution in [2.45, 2.75) is 32.7 Å². The van der Waals surface area contributed by atoms with Crippen LogP contribution in [0.2, 0.25) is 0 Å². The molecule has 0 unspecified atom stereocenters. The summed E-state index contributed by atoms with van der Waals surface area (Å²) < 4.78 is 0. The summed E-state index contributed by atoms with van der Waals surface area (Å²) >= 11 is 1.62. The highest BCUT2D eigenvalue weighted by Gasteiger charge is 2.12. The van der Waals surface area contributed by atoms with Gasteiger partial charge >= 0.3 is 6.03 Å². The Bertz CT molecular complexity index is 995. The lowest BCUT2D eigenvalue weighted by Gasteiger charge is -2.16. The van der Waals surface area contributed by atoms with E-state index in [4.69, 9.17) is 0 Å². The number of aromatic nitrogens is 3. The lowest BCUT2D eigenvalue weighted by atomic mass is 10.2. The van der Waals surface area contributed by atoms with Crippen LogP contribution in [0.4, 0.5) is 4.79 Å². The minimum atomic E-state index is -0.183. The van der Waals surface area contributed by atoms with Gasteiger partial charge in [0.1, 0.15) is 5.82 Å². The Labute approximate surface area is 161 Å². The van der Waals surface area contributed by atoms with Crippen LogP contribution >= 0.6 is 11.3 Å². The van der Waals surface area contributed by atoms with E-state index < -0.39 is 0 Å². The number of fused-ring (bicyclic) bond motifs is 1. The summed E-state index contributed by atoms with van der Waals surface area (Å²) in [5.41, 5.74) is 1.38. The predicted octanol–water partition coefficient (Wildman–Crippen LogP) is 2.89. The second kappa shape index (κ2) is 8.30. The maximum Gasteiger partial charge on any atom is 0.317 e. The molecular formula is C19H23N5O2S. The number of carbonyl (C=O) groups excluding carboxylic acids is 1. The minimum Gasteiger partial charge on any atom is -0.338 e. The first-order chi connectivity index (χ1) is 12.9. The zero-order chi connectivity index (χ0) is 19.4. The number of urea groups is 1. The Hall–Kier alpha value is -2.74. The highest BCUT2D eigenvalue weighted by molar-refractivity contribution is 7.09. The molecule has 1 aromatic carbocycles. The number of benzene rings is 1. The third-order valence-electron chi connectivity index (χ3n) is 4.11. The van der Waals surface area contributed by atoms with Crippen LogP contribution < -0.4 is 10.9 Å². The number of amides is 2. The van der Waals surface area contributed by atoms with Gasteiger partial charge in [0.2, 0.25) is 0 Å².